The maximum absolute atomic E-state index is 12.0. The van der Waals surface area contributed by atoms with Crippen molar-refractivity contribution < 1.29 is 19.4 Å². The van der Waals surface area contributed by atoms with Crippen molar-refractivity contribution in [2.24, 2.45) is 0 Å². The first-order valence-corrected chi connectivity index (χ1v) is 9.39. The SMILES string of the molecule is CCCN(CCCC(=O)O)c1cccc(-c2ccccc2OCC)c1C=O. The largest absolute Gasteiger partial charge is 0.493 e. The summed E-state index contributed by atoms with van der Waals surface area (Å²) in [6.45, 7) is 5.90. The number of carbonyl (C=O) groups is 2. The van der Waals surface area contributed by atoms with Gasteiger partial charge in [0.25, 0.3) is 0 Å². The number of benzene rings is 2. The van der Waals surface area contributed by atoms with Gasteiger partial charge in [0.2, 0.25) is 0 Å². The van der Waals surface area contributed by atoms with Crippen LogP contribution in [0.25, 0.3) is 11.1 Å². The average Bonchev–Trinajstić information content (AvgIpc) is 2.67. The summed E-state index contributed by atoms with van der Waals surface area (Å²) in [6, 6.07) is 13.5. The molecule has 2 rings (SSSR count). The van der Waals surface area contributed by atoms with Crippen molar-refractivity contribution in [1.82, 2.24) is 0 Å². The lowest BCUT2D eigenvalue weighted by molar-refractivity contribution is -0.137. The Hall–Kier alpha value is -2.82. The Labute approximate surface area is 160 Å². The van der Waals surface area contributed by atoms with Gasteiger partial charge in [0, 0.05) is 36.3 Å². The van der Waals surface area contributed by atoms with E-state index in [2.05, 4.69) is 11.8 Å². The second kappa shape index (κ2) is 10.4. The minimum Gasteiger partial charge on any atom is -0.493 e. The molecule has 0 saturated heterocycles. The average molecular weight is 369 g/mol. The first kappa shape index (κ1) is 20.5. The van der Waals surface area contributed by atoms with Crippen LogP contribution in [0.2, 0.25) is 0 Å². The minimum atomic E-state index is -0.804. The van der Waals surface area contributed by atoms with Gasteiger partial charge in [0.15, 0.2) is 6.29 Å². The summed E-state index contributed by atoms with van der Waals surface area (Å²) >= 11 is 0. The number of anilines is 1. The van der Waals surface area contributed by atoms with Crippen LogP contribution < -0.4 is 9.64 Å². The molecule has 0 atom stereocenters. The van der Waals surface area contributed by atoms with E-state index in [-0.39, 0.29) is 6.42 Å². The lowest BCUT2D eigenvalue weighted by Gasteiger charge is -2.27. The van der Waals surface area contributed by atoms with Crippen LogP contribution in [0.4, 0.5) is 5.69 Å². The molecule has 0 spiro atoms. The van der Waals surface area contributed by atoms with Gasteiger partial charge >= 0.3 is 5.97 Å². The van der Waals surface area contributed by atoms with Crippen LogP contribution in [0.1, 0.15) is 43.5 Å². The Bertz CT molecular complexity index is 773. The molecule has 5 heteroatoms. The van der Waals surface area contributed by atoms with E-state index < -0.39 is 5.97 Å². The van der Waals surface area contributed by atoms with Crippen LogP contribution in [0, 0.1) is 0 Å². The number of carbonyl (C=O) groups excluding carboxylic acids is 1. The zero-order chi connectivity index (χ0) is 19.6. The lowest BCUT2D eigenvalue weighted by atomic mass is 9.97. The fourth-order valence-corrected chi connectivity index (χ4v) is 3.20. The highest BCUT2D eigenvalue weighted by Crippen LogP contribution is 2.36. The molecule has 0 heterocycles. The van der Waals surface area contributed by atoms with Crippen LogP contribution in [-0.2, 0) is 4.79 Å². The normalized spacial score (nSPS) is 10.4. The number of aliphatic carboxylic acids is 1. The Morgan fingerprint density at radius 3 is 2.48 bits per heavy atom. The maximum Gasteiger partial charge on any atom is 0.303 e. The smallest absolute Gasteiger partial charge is 0.303 e. The van der Waals surface area contributed by atoms with Crippen molar-refractivity contribution in [2.75, 3.05) is 24.6 Å². The van der Waals surface area contributed by atoms with Gasteiger partial charge in [-0.05, 0) is 37.5 Å². The molecule has 2 aromatic carbocycles. The molecule has 0 amide bonds. The molecule has 0 fully saturated rings. The third kappa shape index (κ3) is 5.33. The van der Waals surface area contributed by atoms with Crippen molar-refractivity contribution in [2.45, 2.75) is 33.1 Å². The monoisotopic (exact) mass is 369 g/mol. The number of para-hydroxylation sites is 1. The van der Waals surface area contributed by atoms with Crippen LogP contribution in [0.3, 0.4) is 0 Å². The molecule has 0 aromatic heterocycles. The predicted octanol–water partition coefficient (Wildman–Crippen LogP) is 4.65. The zero-order valence-electron chi connectivity index (χ0n) is 16.0. The summed E-state index contributed by atoms with van der Waals surface area (Å²) < 4.78 is 5.74. The van der Waals surface area contributed by atoms with Gasteiger partial charge in [-0.1, -0.05) is 37.3 Å². The number of hydrogen-bond donors (Lipinski definition) is 1. The van der Waals surface area contributed by atoms with Crippen LogP contribution in [0.15, 0.2) is 42.5 Å². The number of hydrogen-bond acceptors (Lipinski definition) is 4. The van der Waals surface area contributed by atoms with Crippen LogP contribution in [0.5, 0.6) is 5.75 Å². The lowest BCUT2D eigenvalue weighted by Crippen LogP contribution is -2.27. The standard InChI is InChI=1S/C22H27NO4/c1-3-14-23(15-8-13-22(25)26)20-11-7-10-17(19(20)16-24)18-9-5-6-12-21(18)27-4-2/h5-7,9-12,16H,3-4,8,13-15H2,1-2H3,(H,25,26). The van der Waals surface area contributed by atoms with Gasteiger partial charge in [-0.15, -0.1) is 0 Å². The number of aldehydes is 1. The number of ether oxygens (including phenoxy) is 1. The van der Waals surface area contributed by atoms with Crippen molar-refractivity contribution >= 4 is 17.9 Å². The van der Waals surface area contributed by atoms with Gasteiger partial charge < -0.3 is 14.7 Å². The number of nitrogens with zero attached hydrogens (tertiary/aromatic N) is 1. The molecule has 0 aliphatic carbocycles. The third-order valence-electron chi connectivity index (χ3n) is 4.33. The fourth-order valence-electron chi connectivity index (χ4n) is 3.20. The summed E-state index contributed by atoms with van der Waals surface area (Å²) in [6.07, 6.45) is 2.44. The first-order valence-electron chi connectivity index (χ1n) is 9.39. The molecule has 0 unspecified atom stereocenters. The molecule has 2 aromatic rings. The molecule has 0 saturated carbocycles. The van der Waals surface area contributed by atoms with Gasteiger partial charge in [0.1, 0.15) is 5.75 Å². The summed E-state index contributed by atoms with van der Waals surface area (Å²) in [4.78, 5) is 25.0. The summed E-state index contributed by atoms with van der Waals surface area (Å²) in [7, 11) is 0. The fraction of sp³-hybridized carbons (Fsp3) is 0.364. The van der Waals surface area contributed by atoms with E-state index in [1.165, 1.54) is 0 Å². The molecule has 0 radical (unpaired) electrons. The molecule has 5 nitrogen and oxygen atoms in total. The highest BCUT2D eigenvalue weighted by molar-refractivity contribution is 5.96. The maximum atomic E-state index is 12.0. The highest BCUT2D eigenvalue weighted by Gasteiger charge is 2.17. The molecule has 144 valence electrons. The van der Waals surface area contributed by atoms with Gasteiger partial charge in [-0.25, -0.2) is 0 Å². The van der Waals surface area contributed by atoms with E-state index in [9.17, 15) is 9.59 Å². The predicted molar refractivity (Wildman–Crippen MR) is 108 cm³/mol. The van der Waals surface area contributed by atoms with Gasteiger partial charge in [0.05, 0.1) is 6.61 Å². The van der Waals surface area contributed by atoms with Crippen LogP contribution >= 0.6 is 0 Å². The number of carboxylic acid groups (broad SMARTS) is 1. The van der Waals surface area contributed by atoms with Crippen molar-refractivity contribution in [1.29, 1.82) is 0 Å². The van der Waals surface area contributed by atoms with Crippen LogP contribution in [-0.4, -0.2) is 37.1 Å². The molecule has 27 heavy (non-hydrogen) atoms. The van der Waals surface area contributed by atoms with Gasteiger partial charge in [-0.3, -0.25) is 9.59 Å². The second-order valence-corrected chi connectivity index (χ2v) is 6.27. The summed E-state index contributed by atoms with van der Waals surface area (Å²) in [5.41, 5.74) is 3.14. The number of rotatable bonds is 11. The third-order valence-corrected chi connectivity index (χ3v) is 4.33. The molecule has 0 aliphatic heterocycles. The van der Waals surface area contributed by atoms with E-state index >= 15 is 0 Å². The Balaban J connectivity index is 2.45. The van der Waals surface area contributed by atoms with Gasteiger partial charge in [-0.2, -0.15) is 0 Å². The van der Waals surface area contributed by atoms with Crippen molar-refractivity contribution in [3.05, 3.63) is 48.0 Å². The van der Waals surface area contributed by atoms with E-state index in [1.807, 2.05) is 49.4 Å². The first-order chi connectivity index (χ1) is 13.1. The Kier molecular flexibility index (Phi) is 7.86. The zero-order valence-corrected chi connectivity index (χ0v) is 16.0. The Morgan fingerprint density at radius 1 is 1.07 bits per heavy atom. The minimum absolute atomic E-state index is 0.115. The van der Waals surface area contributed by atoms with E-state index in [4.69, 9.17) is 9.84 Å². The molecule has 1 N–H and O–H groups in total. The van der Waals surface area contributed by atoms with E-state index in [1.54, 1.807) is 0 Å². The second-order valence-electron chi connectivity index (χ2n) is 6.27. The topological polar surface area (TPSA) is 66.8 Å². The molecule has 0 aliphatic rings. The quantitative estimate of drug-likeness (QED) is 0.584. The highest BCUT2D eigenvalue weighted by atomic mass is 16.5. The van der Waals surface area contributed by atoms with E-state index in [0.717, 1.165) is 41.8 Å². The summed E-state index contributed by atoms with van der Waals surface area (Å²) in [5, 5.41) is 8.91. The van der Waals surface area contributed by atoms with E-state index in [0.29, 0.717) is 25.1 Å². The summed E-state index contributed by atoms with van der Waals surface area (Å²) in [5.74, 6) is -0.0605. The number of carboxylic acids is 1. The van der Waals surface area contributed by atoms with Crippen molar-refractivity contribution in [3.63, 3.8) is 0 Å². The van der Waals surface area contributed by atoms with Crippen molar-refractivity contribution in [3.8, 4) is 16.9 Å². The molecular formula is C22H27NO4. The molecule has 0 bridgehead atoms. The molecular weight excluding hydrogens is 342 g/mol. The Morgan fingerprint density at radius 2 is 1.81 bits per heavy atom.